The van der Waals surface area contributed by atoms with Crippen LogP contribution in [-0.2, 0) is 9.59 Å². The lowest BCUT2D eigenvalue weighted by atomic mass is 9.87. The summed E-state index contributed by atoms with van der Waals surface area (Å²) in [5, 5.41) is 1.82. The molecule has 1 aromatic rings. The molecule has 0 aromatic heterocycles. The van der Waals surface area contributed by atoms with Gasteiger partial charge >= 0.3 is 5.97 Å². The highest BCUT2D eigenvalue weighted by atomic mass is 32.2. The minimum absolute atomic E-state index is 0.252. The van der Waals surface area contributed by atoms with Gasteiger partial charge in [0.1, 0.15) is 0 Å². The molecule has 1 aliphatic heterocycles. The third-order valence-corrected chi connectivity index (χ3v) is 5.34. The van der Waals surface area contributed by atoms with E-state index in [2.05, 4.69) is 5.32 Å². The van der Waals surface area contributed by atoms with Crippen LogP contribution in [0.3, 0.4) is 0 Å². The summed E-state index contributed by atoms with van der Waals surface area (Å²) in [6.45, 7) is 0. The number of amides is 2. The van der Waals surface area contributed by atoms with Gasteiger partial charge in [-0.05, 0) is 54.3 Å². The fourth-order valence-corrected chi connectivity index (χ4v) is 3.90. The number of methoxy groups -OCH3 is 1. The Hall–Kier alpha value is -2.28. The molecule has 3 rings (SSSR count). The average molecular weight is 375 g/mol. The number of nitrogens with one attached hydrogen (secondary N) is 1. The summed E-state index contributed by atoms with van der Waals surface area (Å²) in [7, 11) is 1.49. The fourth-order valence-electron chi connectivity index (χ4n) is 3.22. The minimum Gasteiger partial charge on any atom is -0.493 e. The second kappa shape index (κ2) is 8.40. The standard InChI is InChI=1S/C19H21NO5S/c1-24-15-9-13(10-16-18(22)20-19(23)26-16)7-8-14(15)25-17(21)11-12-5-3-2-4-6-12/h7-10,12H,2-6,11H2,1H3,(H,20,22,23)/b16-10-. The lowest BCUT2D eigenvalue weighted by molar-refractivity contribution is -0.135. The van der Waals surface area contributed by atoms with Gasteiger partial charge in [0.2, 0.25) is 0 Å². The zero-order valence-electron chi connectivity index (χ0n) is 14.6. The number of benzene rings is 1. The third-order valence-electron chi connectivity index (χ3n) is 4.53. The molecule has 1 saturated carbocycles. The van der Waals surface area contributed by atoms with Crippen molar-refractivity contribution in [3.8, 4) is 11.5 Å². The zero-order chi connectivity index (χ0) is 18.5. The minimum atomic E-state index is -0.415. The molecule has 7 heteroatoms. The Bertz CT molecular complexity index is 752. The smallest absolute Gasteiger partial charge is 0.311 e. The van der Waals surface area contributed by atoms with Crippen LogP contribution in [0.2, 0.25) is 0 Å². The van der Waals surface area contributed by atoms with E-state index in [1.165, 1.54) is 26.4 Å². The number of hydrogen-bond acceptors (Lipinski definition) is 6. The van der Waals surface area contributed by atoms with Gasteiger partial charge in [0.15, 0.2) is 11.5 Å². The first-order valence-corrected chi connectivity index (χ1v) is 9.50. The Kier molecular flexibility index (Phi) is 5.98. The van der Waals surface area contributed by atoms with Crippen LogP contribution in [0.5, 0.6) is 11.5 Å². The van der Waals surface area contributed by atoms with Crippen molar-refractivity contribution < 1.29 is 23.9 Å². The van der Waals surface area contributed by atoms with E-state index < -0.39 is 5.91 Å². The fraction of sp³-hybridized carbons (Fsp3) is 0.421. The van der Waals surface area contributed by atoms with Gasteiger partial charge in [-0.2, -0.15) is 0 Å². The van der Waals surface area contributed by atoms with Crippen molar-refractivity contribution in [2.75, 3.05) is 7.11 Å². The molecule has 26 heavy (non-hydrogen) atoms. The summed E-state index contributed by atoms with van der Waals surface area (Å²) in [4.78, 5) is 35.4. The van der Waals surface area contributed by atoms with E-state index in [0.29, 0.717) is 34.3 Å². The average Bonchev–Trinajstić information content (AvgIpc) is 2.94. The number of carbonyl (C=O) groups is 3. The van der Waals surface area contributed by atoms with Gasteiger partial charge in [-0.15, -0.1) is 0 Å². The van der Waals surface area contributed by atoms with E-state index in [-0.39, 0.29) is 11.2 Å². The van der Waals surface area contributed by atoms with Crippen molar-refractivity contribution in [2.45, 2.75) is 38.5 Å². The van der Waals surface area contributed by atoms with E-state index in [0.717, 1.165) is 24.6 Å². The molecule has 0 bridgehead atoms. The lowest BCUT2D eigenvalue weighted by Crippen LogP contribution is -2.17. The number of imide groups is 1. The molecule has 2 fully saturated rings. The topological polar surface area (TPSA) is 81.7 Å². The Morgan fingerprint density at radius 3 is 2.65 bits per heavy atom. The monoisotopic (exact) mass is 375 g/mol. The van der Waals surface area contributed by atoms with E-state index in [4.69, 9.17) is 9.47 Å². The summed E-state index contributed by atoms with van der Waals surface area (Å²) in [5.41, 5.74) is 0.682. The molecule has 0 atom stereocenters. The summed E-state index contributed by atoms with van der Waals surface area (Å²) in [6, 6.07) is 5.03. The molecular weight excluding hydrogens is 354 g/mol. The van der Waals surface area contributed by atoms with Crippen molar-refractivity contribution >= 4 is 35.0 Å². The Morgan fingerprint density at radius 2 is 2.00 bits per heavy atom. The molecule has 1 aliphatic carbocycles. The molecule has 0 radical (unpaired) electrons. The van der Waals surface area contributed by atoms with Crippen molar-refractivity contribution in [2.24, 2.45) is 5.92 Å². The predicted molar refractivity (Wildman–Crippen MR) is 98.9 cm³/mol. The van der Waals surface area contributed by atoms with Crippen molar-refractivity contribution in [1.29, 1.82) is 0 Å². The number of rotatable bonds is 5. The molecule has 2 amide bonds. The van der Waals surface area contributed by atoms with Crippen LogP contribution in [0.4, 0.5) is 4.79 Å². The summed E-state index contributed by atoms with van der Waals surface area (Å²) in [6.07, 6.45) is 7.79. The molecule has 0 unspecified atom stereocenters. The quantitative estimate of drug-likeness (QED) is 0.478. The van der Waals surface area contributed by atoms with Crippen LogP contribution >= 0.6 is 11.8 Å². The van der Waals surface area contributed by atoms with Crippen molar-refractivity contribution in [3.05, 3.63) is 28.7 Å². The normalized spacial score (nSPS) is 19.5. The second-order valence-electron chi connectivity index (χ2n) is 6.44. The SMILES string of the molecule is COc1cc(/C=C2\SC(=O)NC2=O)ccc1OC(=O)CC1CCCCC1. The highest BCUT2D eigenvalue weighted by molar-refractivity contribution is 8.18. The first kappa shape index (κ1) is 18.5. The molecule has 1 saturated heterocycles. The third kappa shape index (κ3) is 4.66. The maximum absolute atomic E-state index is 12.2. The molecule has 2 aliphatic rings. The van der Waals surface area contributed by atoms with Crippen molar-refractivity contribution in [3.63, 3.8) is 0 Å². The van der Waals surface area contributed by atoms with Crippen LogP contribution in [0.25, 0.3) is 6.08 Å². The maximum atomic E-state index is 12.2. The number of esters is 1. The molecule has 1 aromatic carbocycles. The molecule has 1 heterocycles. The van der Waals surface area contributed by atoms with E-state index in [9.17, 15) is 14.4 Å². The van der Waals surface area contributed by atoms with Gasteiger partial charge in [0.25, 0.3) is 11.1 Å². The van der Waals surface area contributed by atoms with Crippen LogP contribution in [0.1, 0.15) is 44.1 Å². The zero-order valence-corrected chi connectivity index (χ0v) is 15.4. The van der Waals surface area contributed by atoms with Crippen LogP contribution in [0.15, 0.2) is 23.1 Å². The highest BCUT2D eigenvalue weighted by Crippen LogP contribution is 2.33. The highest BCUT2D eigenvalue weighted by Gasteiger charge is 2.25. The number of thioether (sulfide) groups is 1. The first-order valence-electron chi connectivity index (χ1n) is 8.68. The van der Waals surface area contributed by atoms with Crippen molar-refractivity contribution in [1.82, 2.24) is 5.32 Å². The number of ether oxygens (including phenoxy) is 2. The molecule has 0 spiro atoms. The molecule has 6 nitrogen and oxygen atoms in total. The lowest BCUT2D eigenvalue weighted by Gasteiger charge is -2.20. The van der Waals surface area contributed by atoms with Gasteiger partial charge < -0.3 is 9.47 Å². The Morgan fingerprint density at radius 1 is 1.23 bits per heavy atom. The molecule has 1 N–H and O–H groups in total. The van der Waals surface area contributed by atoms with E-state index >= 15 is 0 Å². The van der Waals surface area contributed by atoms with Gasteiger partial charge in [0, 0.05) is 6.42 Å². The summed E-state index contributed by atoms with van der Waals surface area (Å²) >= 11 is 0.852. The molecular formula is C19H21NO5S. The predicted octanol–water partition coefficient (Wildman–Crippen LogP) is 3.89. The second-order valence-corrected chi connectivity index (χ2v) is 7.46. The summed E-state index contributed by atoms with van der Waals surface area (Å²) in [5.74, 6) is 0.502. The van der Waals surface area contributed by atoms with E-state index in [1.807, 2.05) is 0 Å². The van der Waals surface area contributed by atoms with Gasteiger partial charge in [-0.25, -0.2) is 0 Å². The maximum Gasteiger partial charge on any atom is 0.311 e. The number of carbonyl (C=O) groups excluding carboxylic acids is 3. The first-order chi connectivity index (χ1) is 12.5. The van der Waals surface area contributed by atoms with Gasteiger partial charge in [-0.1, -0.05) is 25.3 Å². The van der Waals surface area contributed by atoms with Crippen LogP contribution in [0, 0.1) is 5.92 Å². The van der Waals surface area contributed by atoms with E-state index in [1.54, 1.807) is 24.3 Å². The summed E-state index contributed by atoms with van der Waals surface area (Å²) < 4.78 is 10.8. The molecule has 138 valence electrons. The Labute approximate surface area is 156 Å². The largest absolute Gasteiger partial charge is 0.493 e. The number of hydrogen-bond donors (Lipinski definition) is 1. The van der Waals surface area contributed by atoms with Crippen LogP contribution in [-0.4, -0.2) is 24.2 Å². The Balaban J connectivity index is 1.68. The van der Waals surface area contributed by atoms with Gasteiger partial charge in [-0.3, -0.25) is 19.7 Å². The van der Waals surface area contributed by atoms with Gasteiger partial charge in [0.05, 0.1) is 12.0 Å². The van der Waals surface area contributed by atoms with Crippen LogP contribution < -0.4 is 14.8 Å².